The summed E-state index contributed by atoms with van der Waals surface area (Å²) in [4.78, 5) is 10.00. The summed E-state index contributed by atoms with van der Waals surface area (Å²) >= 11 is 0. The van der Waals surface area contributed by atoms with E-state index >= 15 is 0 Å². The fraction of sp³-hybridized carbons (Fsp3) is 0.400. The average molecular weight is 164 g/mol. The predicted octanol–water partition coefficient (Wildman–Crippen LogP) is 2.63. The van der Waals surface area contributed by atoms with Crippen LogP contribution in [0.2, 0.25) is 0 Å². The molecule has 64 valence electrons. The summed E-state index contributed by atoms with van der Waals surface area (Å²) in [5.41, 5.74) is 2.38. The van der Waals surface area contributed by atoms with Crippen molar-refractivity contribution in [1.82, 2.24) is 0 Å². The molecular weight excluding hydrogens is 152 g/mol. The Labute approximate surface area is 72.0 Å². The average Bonchev–Trinajstić information content (AvgIpc) is 2.49. The van der Waals surface area contributed by atoms with Crippen LogP contribution < -0.4 is 4.89 Å². The second kappa shape index (κ2) is 2.79. The Bertz CT molecular complexity index is 292. The van der Waals surface area contributed by atoms with E-state index in [0.29, 0.717) is 12.5 Å². The van der Waals surface area contributed by atoms with Crippen LogP contribution in [0.5, 0.6) is 5.75 Å². The van der Waals surface area contributed by atoms with Crippen molar-refractivity contribution < 1.29 is 9.78 Å². The molecule has 0 saturated carbocycles. The molecule has 0 bridgehead atoms. The third-order valence-electron chi connectivity index (χ3n) is 2.11. The minimum atomic E-state index is 0.488. The summed E-state index contributed by atoms with van der Waals surface area (Å²) in [6.07, 6.45) is 0. The van der Waals surface area contributed by atoms with Gasteiger partial charge in [0, 0.05) is 11.1 Å². The van der Waals surface area contributed by atoms with Crippen LogP contribution in [-0.2, 0) is 11.5 Å². The van der Waals surface area contributed by atoms with Crippen LogP contribution in [0.25, 0.3) is 0 Å². The number of hydrogen-bond donors (Lipinski definition) is 0. The van der Waals surface area contributed by atoms with Crippen molar-refractivity contribution in [2.45, 2.75) is 26.4 Å². The highest BCUT2D eigenvalue weighted by Gasteiger charge is 2.18. The molecule has 0 aromatic heterocycles. The minimum Gasteiger partial charge on any atom is -0.337 e. The van der Waals surface area contributed by atoms with E-state index in [-0.39, 0.29) is 0 Å². The van der Waals surface area contributed by atoms with Gasteiger partial charge in [-0.2, -0.15) is 4.89 Å². The van der Waals surface area contributed by atoms with Gasteiger partial charge in [-0.3, -0.25) is 0 Å². The summed E-state index contributed by atoms with van der Waals surface area (Å²) < 4.78 is 0. The molecule has 0 saturated heterocycles. The second-order valence-electron chi connectivity index (χ2n) is 3.34. The predicted molar refractivity (Wildman–Crippen MR) is 45.9 cm³/mol. The Hall–Kier alpha value is -1.02. The van der Waals surface area contributed by atoms with Crippen LogP contribution in [0.1, 0.15) is 30.9 Å². The molecule has 0 N–H and O–H groups in total. The van der Waals surface area contributed by atoms with E-state index in [1.807, 2.05) is 12.1 Å². The SMILES string of the molecule is CC(C)c1cccc2c1OOC2. The summed E-state index contributed by atoms with van der Waals surface area (Å²) in [5, 5.41) is 0. The van der Waals surface area contributed by atoms with Gasteiger partial charge in [-0.1, -0.05) is 32.0 Å². The Morgan fingerprint density at radius 3 is 2.92 bits per heavy atom. The van der Waals surface area contributed by atoms with Gasteiger partial charge in [0.1, 0.15) is 6.61 Å². The number of para-hydroxylation sites is 1. The van der Waals surface area contributed by atoms with Crippen LogP contribution in [0.3, 0.4) is 0 Å². The maximum Gasteiger partial charge on any atom is 0.174 e. The maximum atomic E-state index is 5.09. The van der Waals surface area contributed by atoms with E-state index in [4.69, 9.17) is 9.78 Å². The summed E-state index contributed by atoms with van der Waals surface area (Å²) in [6.45, 7) is 4.88. The Morgan fingerprint density at radius 2 is 2.17 bits per heavy atom. The van der Waals surface area contributed by atoms with Crippen LogP contribution in [0, 0.1) is 0 Å². The lowest BCUT2D eigenvalue weighted by Gasteiger charge is -2.07. The molecule has 0 atom stereocenters. The number of benzene rings is 1. The van der Waals surface area contributed by atoms with Crippen LogP contribution in [-0.4, -0.2) is 0 Å². The fourth-order valence-electron chi connectivity index (χ4n) is 1.43. The lowest BCUT2D eigenvalue weighted by Crippen LogP contribution is -1.92. The first-order chi connectivity index (χ1) is 5.79. The van der Waals surface area contributed by atoms with Gasteiger partial charge < -0.3 is 4.89 Å². The van der Waals surface area contributed by atoms with E-state index in [1.54, 1.807) is 0 Å². The molecule has 1 heterocycles. The second-order valence-corrected chi connectivity index (χ2v) is 3.34. The van der Waals surface area contributed by atoms with E-state index in [2.05, 4.69) is 19.9 Å². The quantitative estimate of drug-likeness (QED) is 0.594. The maximum absolute atomic E-state index is 5.09. The topological polar surface area (TPSA) is 18.5 Å². The molecule has 1 aliphatic heterocycles. The van der Waals surface area contributed by atoms with Crippen molar-refractivity contribution in [3.05, 3.63) is 29.3 Å². The minimum absolute atomic E-state index is 0.488. The summed E-state index contributed by atoms with van der Waals surface area (Å²) in [6, 6.07) is 6.17. The normalized spacial score (nSPS) is 14.6. The van der Waals surface area contributed by atoms with Gasteiger partial charge in [-0.15, -0.1) is 0 Å². The highest BCUT2D eigenvalue weighted by molar-refractivity contribution is 5.43. The van der Waals surface area contributed by atoms with Gasteiger partial charge in [-0.25, -0.2) is 0 Å². The van der Waals surface area contributed by atoms with Crippen molar-refractivity contribution in [3.8, 4) is 5.75 Å². The highest BCUT2D eigenvalue weighted by atomic mass is 17.2. The number of rotatable bonds is 1. The lowest BCUT2D eigenvalue weighted by atomic mass is 10.00. The third kappa shape index (κ3) is 1.08. The molecule has 12 heavy (non-hydrogen) atoms. The number of fused-ring (bicyclic) bond motifs is 1. The molecule has 0 spiro atoms. The molecule has 0 radical (unpaired) electrons. The summed E-state index contributed by atoms with van der Waals surface area (Å²) in [7, 11) is 0. The van der Waals surface area contributed by atoms with Crippen molar-refractivity contribution in [2.75, 3.05) is 0 Å². The lowest BCUT2D eigenvalue weighted by molar-refractivity contribution is -0.195. The van der Waals surface area contributed by atoms with Gasteiger partial charge in [0.2, 0.25) is 0 Å². The van der Waals surface area contributed by atoms with Gasteiger partial charge >= 0.3 is 0 Å². The molecule has 2 rings (SSSR count). The number of hydrogen-bond acceptors (Lipinski definition) is 2. The zero-order valence-corrected chi connectivity index (χ0v) is 7.33. The molecule has 0 fully saturated rings. The molecule has 1 aromatic rings. The van der Waals surface area contributed by atoms with Crippen LogP contribution in [0.4, 0.5) is 0 Å². The molecule has 1 aliphatic rings. The van der Waals surface area contributed by atoms with Crippen molar-refractivity contribution in [1.29, 1.82) is 0 Å². The smallest absolute Gasteiger partial charge is 0.174 e. The van der Waals surface area contributed by atoms with Gasteiger partial charge in [0.25, 0.3) is 0 Å². The fourth-order valence-corrected chi connectivity index (χ4v) is 1.43. The Kier molecular flexibility index (Phi) is 1.77. The highest BCUT2D eigenvalue weighted by Crippen LogP contribution is 2.34. The van der Waals surface area contributed by atoms with Crippen LogP contribution in [0.15, 0.2) is 18.2 Å². The molecule has 2 nitrogen and oxygen atoms in total. The van der Waals surface area contributed by atoms with E-state index in [1.165, 1.54) is 5.56 Å². The van der Waals surface area contributed by atoms with Crippen molar-refractivity contribution >= 4 is 0 Å². The zero-order valence-electron chi connectivity index (χ0n) is 7.33. The van der Waals surface area contributed by atoms with Gasteiger partial charge in [-0.05, 0) is 5.92 Å². The first kappa shape index (κ1) is 7.62. The Morgan fingerprint density at radius 1 is 1.33 bits per heavy atom. The van der Waals surface area contributed by atoms with Crippen molar-refractivity contribution in [3.63, 3.8) is 0 Å². The molecule has 0 amide bonds. The molecular formula is C10H12O2. The van der Waals surface area contributed by atoms with Gasteiger partial charge in [0.05, 0.1) is 0 Å². The molecule has 0 unspecified atom stereocenters. The van der Waals surface area contributed by atoms with E-state index in [9.17, 15) is 0 Å². The van der Waals surface area contributed by atoms with Crippen molar-refractivity contribution in [2.24, 2.45) is 0 Å². The molecule has 2 heteroatoms. The van der Waals surface area contributed by atoms with E-state index < -0.39 is 0 Å². The third-order valence-corrected chi connectivity index (χ3v) is 2.11. The summed E-state index contributed by atoms with van der Waals surface area (Å²) in [5.74, 6) is 1.41. The van der Waals surface area contributed by atoms with E-state index in [0.717, 1.165) is 11.3 Å². The molecule has 0 aliphatic carbocycles. The monoisotopic (exact) mass is 164 g/mol. The first-order valence-electron chi connectivity index (χ1n) is 4.20. The first-order valence-corrected chi connectivity index (χ1v) is 4.20. The largest absolute Gasteiger partial charge is 0.337 e. The standard InChI is InChI=1S/C10H12O2/c1-7(2)9-5-3-4-8-6-11-12-10(8)9/h3-5,7H,6H2,1-2H3. The molecule has 1 aromatic carbocycles. The Balaban J connectivity index is 2.49. The van der Waals surface area contributed by atoms with Crippen LogP contribution >= 0.6 is 0 Å². The van der Waals surface area contributed by atoms with Gasteiger partial charge in [0.15, 0.2) is 5.75 Å². The zero-order chi connectivity index (χ0) is 8.55.